The van der Waals surface area contributed by atoms with Crippen LogP contribution in [0.1, 0.15) is 53.9 Å². The van der Waals surface area contributed by atoms with Gasteiger partial charge in [0.1, 0.15) is 0 Å². The van der Waals surface area contributed by atoms with Crippen molar-refractivity contribution in [2.75, 3.05) is 13.6 Å². The summed E-state index contributed by atoms with van der Waals surface area (Å²) in [6.07, 6.45) is 3.68. The van der Waals surface area contributed by atoms with Gasteiger partial charge in [-0.3, -0.25) is 4.79 Å². The summed E-state index contributed by atoms with van der Waals surface area (Å²) in [5.41, 5.74) is 0.463. The zero-order valence-electron chi connectivity index (χ0n) is 12.9. The van der Waals surface area contributed by atoms with Gasteiger partial charge in [0.25, 0.3) is 0 Å². The highest BCUT2D eigenvalue weighted by atomic mass is 16.2. The molecule has 1 amide bonds. The van der Waals surface area contributed by atoms with Crippen molar-refractivity contribution in [2.24, 2.45) is 11.3 Å². The van der Waals surface area contributed by atoms with E-state index in [0.717, 1.165) is 6.54 Å². The molecule has 18 heavy (non-hydrogen) atoms. The highest BCUT2D eigenvalue weighted by Gasteiger charge is 2.33. The minimum atomic E-state index is -0.0661. The monoisotopic (exact) mass is 254 g/mol. The average molecular weight is 254 g/mol. The Morgan fingerprint density at radius 1 is 1.50 bits per heavy atom. The van der Waals surface area contributed by atoms with Gasteiger partial charge in [0.05, 0.1) is 6.04 Å². The number of carbonyl (C=O) groups excluding carboxylic acids is 1. The van der Waals surface area contributed by atoms with Crippen LogP contribution < -0.4 is 5.32 Å². The molecule has 3 heteroatoms. The van der Waals surface area contributed by atoms with Crippen molar-refractivity contribution in [3.05, 3.63) is 0 Å². The fourth-order valence-electron chi connectivity index (χ4n) is 3.07. The third-order valence-electron chi connectivity index (χ3n) is 4.38. The maximum atomic E-state index is 12.0. The summed E-state index contributed by atoms with van der Waals surface area (Å²) in [5, 5.41) is 3.53. The lowest BCUT2D eigenvalue weighted by atomic mass is 9.70. The Hall–Kier alpha value is -0.570. The van der Waals surface area contributed by atoms with Crippen LogP contribution in [0, 0.1) is 11.3 Å². The molecular formula is C15H30N2O. The molecule has 1 N–H and O–H groups in total. The topological polar surface area (TPSA) is 32.3 Å². The third kappa shape index (κ3) is 3.98. The molecule has 1 saturated carbocycles. The van der Waals surface area contributed by atoms with Gasteiger partial charge >= 0.3 is 0 Å². The fourth-order valence-corrected chi connectivity index (χ4v) is 3.07. The van der Waals surface area contributed by atoms with Crippen LogP contribution in [0.5, 0.6) is 0 Å². The van der Waals surface area contributed by atoms with E-state index >= 15 is 0 Å². The molecule has 0 bridgehead atoms. The molecule has 0 aromatic rings. The van der Waals surface area contributed by atoms with Gasteiger partial charge in [-0.25, -0.2) is 0 Å². The van der Waals surface area contributed by atoms with Crippen LogP contribution in [0.15, 0.2) is 0 Å². The van der Waals surface area contributed by atoms with Gasteiger partial charge in [-0.2, -0.15) is 0 Å². The second-order valence-corrected chi connectivity index (χ2v) is 6.73. The summed E-state index contributed by atoms with van der Waals surface area (Å²) >= 11 is 0. The summed E-state index contributed by atoms with van der Waals surface area (Å²) in [6.45, 7) is 11.8. The number of amides is 1. The summed E-state index contributed by atoms with van der Waals surface area (Å²) < 4.78 is 0. The van der Waals surface area contributed by atoms with Crippen LogP contribution in [0.3, 0.4) is 0 Å². The Labute approximate surface area is 112 Å². The lowest BCUT2D eigenvalue weighted by Crippen LogP contribution is -2.51. The second kappa shape index (κ2) is 6.05. The summed E-state index contributed by atoms with van der Waals surface area (Å²) in [4.78, 5) is 13.8. The zero-order chi connectivity index (χ0) is 13.9. The Balaban J connectivity index is 2.50. The minimum Gasteiger partial charge on any atom is -0.345 e. The summed E-state index contributed by atoms with van der Waals surface area (Å²) in [6, 6.07) is 0.422. The lowest BCUT2D eigenvalue weighted by molar-refractivity contribution is -0.131. The maximum Gasteiger partial charge on any atom is 0.239 e. The molecular weight excluding hydrogens is 224 g/mol. The number of nitrogens with zero attached hydrogens (tertiary/aromatic N) is 1. The van der Waals surface area contributed by atoms with Crippen molar-refractivity contribution < 1.29 is 4.79 Å². The number of rotatable bonds is 4. The standard InChI is InChI=1S/C15H30N2O/c1-7-17(6)14(18)12(3)16-13-8-9-15(4,5)10-11(13)2/h11-13,16H,7-10H2,1-6H3. The van der Waals surface area contributed by atoms with Gasteiger partial charge in [-0.1, -0.05) is 20.8 Å². The van der Waals surface area contributed by atoms with E-state index in [-0.39, 0.29) is 11.9 Å². The first-order chi connectivity index (χ1) is 8.26. The lowest BCUT2D eigenvalue weighted by Gasteiger charge is -2.40. The van der Waals surface area contributed by atoms with Crippen LogP contribution in [-0.4, -0.2) is 36.5 Å². The predicted molar refractivity (Wildman–Crippen MR) is 76.5 cm³/mol. The van der Waals surface area contributed by atoms with Crippen molar-refractivity contribution in [1.82, 2.24) is 10.2 Å². The van der Waals surface area contributed by atoms with E-state index in [9.17, 15) is 4.79 Å². The third-order valence-corrected chi connectivity index (χ3v) is 4.38. The van der Waals surface area contributed by atoms with E-state index in [1.807, 2.05) is 20.9 Å². The van der Waals surface area contributed by atoms with Crippen LogP contribution in [-0.2, 0) is 4.79 Å². The van der Waals surface area contributed by atoms with Crippen LogP contribution >= 0.6 is 0 Å². The number of likely N-dealkylation sites (N-methyl/N-ethyl adjacent to an activating group) is 1. The maximum absolute atomic E-state index is 12.0. The number of nitrogens with one attached hydrogen (secondary N) is 1. The van der Waals surface area contributed by atoms with Crippen molar-refractivity contribution in [1.29, 1.82) is 0 Å². The first-order valence-corrected chi connectivity index (χ1v) is 7.28. The molecule has 1 aliphatic rings. The van der Waals surface area contributed by atoms with Crippen molar-refractivity contribution >= 4 is 5.91 Å². The van der Waals surface area contributed by atoms with Crippen LogP contribution in [0.4, 0.5) is 0 Å². The Bertz CT molecular complexity index is 288. The van der Waals surface area contributed by atoms with E-state index in [2.05, 4.69) is 26.1 Å². The Morgan fingerprint density at radius 2 is 2.11 bits per heavy atom. The average Bonchev–Trinajstić information content (AvgIpc) is 2.30. The SMILES string of the molecule is CCN(C)C(=O)C(C)NC1CCC(C)(C)CC1C. The molecule has 0 aliphatic heterocycles. The molecule has 106 valence electrons. The van der Waals surface area contributed by atoms with Crippen molar-refractivity contribution in [2.45, 2.75) is 66.0 Å². The van der Waals surface area contributed by atoms with Crippen LogP contribution in [0.2, 0.25) is 0 Å². The van der Waals surface area contributed by atoms with E-state index in [1.165, 1.54) is 19.3 Å². The first-order valence-electron chi connectivity index (χ1n) is 7.28. The van der Waals surface area contributed by atoms with Crippen LogP contribution in [0.25, 0.3) is 0 Å². The number of hydrogen-bond donors (Lipinski definition) is 1. The molecule has 0 radical (unpaired) electrons. The van der Waals surface area contributed by atoms with Gasteiger partial charge < -0.3 is 10.2 Å². The number of carbonyl (C=O) groups is 1. The molecule has 1 rings (SSSR count). The molecule has 0 aromatic heterocycles. The highest BCUT2D eigenvalue weighted by Crippen LogP contribution is 2.38. The van der Waals surface area contributed by atoms with Gasteiger partial charge in [0.2, 0.25) is 5.91 Å². The Morgan fingerprint density at radius 3 is 2.61 bits per heavy atom. The summed E-state index contributed by atoms with van der Waals surface area (Å²) in [7, 11) is 1.87. The quantitative estimate of drug-likeness (QED) is 0.836. The predicted octanol–water partition coefficient (Wildman–Crippen LogP) is 2.66. The molecule has 3 unspecified atom stereocenters. The molecule has 0 saturated heterocycles. The van der Waals surface area contributed by atoms with E-state index in [1.54, 1.807) is 4.90 Å². The van der Waals surface area contributed by atoms with Gasteiger partial charge in [-0.05, 0) is 44.4 Å². The molecule has 3 nitrogen and oxygen atoms in total. The zero-order valence-corrected chi connectivity index (χ0v) is 12.9. The van der Waals surface area contributed by atoms with Crippen molar-refractivity contribution in [3.8, 4) is 0 Å². The molecule has 0 aromatic carbocycles. The molecule has 0 spiro atoms. The smallest absolute Gasteiger partial charge is 0.239 e. The normalized spacial score (nSPS) is 28.8. The van der Waals surface area contributed by atoms with Gasteiger partial charge in [0.15, 0.2) is 0 Å². The van der Waals surface area contributed by atoms with Gasteiger partial charge in [-0.15, -0.1) is 0 Å². The largest absolute Gasteiger partial charge is 0.345 e. The molecule has 1 fully saturated rings. The van der Waals surface area contributed by atoms with E-state index in [4.69, 9.17) is 0 Å². The van der Waals surface area contributed by atoms with Crippen molar-refractivity contribution in [3.63, 3.8) is 0 Å². The summed E-state index contributed by atoms with van der Waals surface area (Å²) in [5.74, 6) is 0.852. The number of hydrogen-bond acceptors (Lipinski definition) is 2. The van der Waals surface area contributed by atoms with E-state index in [0.29, 0.717) is 17.4 Å². The Kier molecular flexibility index (Phi) is 5.20. The highest BCUT2D eigenvalue weighted by molar-refractivity contribution is 5.81. The molecule has 0 heterocycles. The van der Waals surface area contributed by atoms with Gasteiger partial charge in [0, 0.05) is 19.6 Å². The van der Waals surface area contributed by atoms with E-state index < -0.39 is 0 Å². The fraction of sp³-hybridized carbons (Fsp3) is 0.933. The first kappa shape index (κ1) is 15.5. The molecule has 1 aliphatic carbocycles. The minimum absolute atomic E-state index is 0.0661. The second-order valence-electron chi connectivity index (χ2n) is 6.73. The molecule has 3 atom stereocenters.